The average molecular weight is 370 g/mol. The van der Waals surface area contributed by atoms with Crippen molar-refractivity contribution in [2.75, 3.05) is 6.26 Å². The maximum Gasteiger partial charge on any atom is 0.169 e. The van der Waals surface area contributed by atoms with Crippen molar-refractivity contribution in [1.82, 2.24) is 14.6 Å². The number of thioether (sulfide) groups is 1. The molecule has 0 bridgehead atoms. The molecule has 2 heterocycles. The number of fused-ring (bicyclic) bond motifs is 1. The van der Waals surface area contributed by atoms with E-state index in [0.717, 1.165) is 18.8 Å². The van der Waals surface area contributed by atoms with Crippen LogP contribution in [0.3, 0.4) is 0 Å². The highest BCUT2D eigenvalue weighted by atomic mass is 127. The second-order valence-corrected chi connectivity index (χ2v) is 4.95. The lowest BCUT2D eigenvalue weighted by Gasteiger charge is -1.97. The van der Waals surface area contributed by atoms with Gasteiger partial charge in [0.15, 0.2) is 5.65 Å². The van der Waals surface area contributed by atoms with E-state index in [1.807, 2.05) is 16.8 Å². The van der Waals surface area contributed by atoms with Crippen LogP contribution in [0.25, 0.3) is 5.65 Å². The standard InChI is InChI=1S/C7H5BrIN3S/c1-13-4-2-3-10-12-6(9)5(8)11-7(4)12/h2-3H,1H3. The first-order valence-electron chi connectivity index (χ1n) is 3.46. The zero-order valence-electron chi connectivity index (χ0n) is 6.66. The van der Waals surface area contributed by atoms with Gasteiger partial charge in [-0.2, -0.15) is 5.10 Å². The van der Waals surface area contributed by atoms with Crippen LogP contribution < -0.4 is 0 Å². The first kappa shape index (κ1) is 9.72. The van der Waals surface area contributed by atoms with Gasteiger partial charge in [0.2, 0.25) is 0 Å². The summed E-state index contributed by atoms with van der Waals surface area (Å²) in [6, 6.07) is 1.97. The molecule has 2 rings (SSSR count). The Morgan fingerprint density at radius 2 is 2.38 bits per heavy atom. The molecule has 0 aliphatic carbocycles. The third-order valence-corrected chi connectivity index (χ3v) is 4.63. The van der Waals surface area contributed by atoms with E-state index in [1.54, 1.807) is 18.0 Å². The summed E-state index contributed by atoms with van der Waals surface area (Å²) in [4.78, 5) is 5.51. The normalized spacial score (nSPS) is 11.0. The van der Waals surface area contributed by atoms with Crippen LogP contribution in [0.2, 0.25) is 0 Å². The number of nitrogens with zero attached hydrogens (tertiary/aromatic N) is 3. The maximum atomic E-state index is 4.37. The molecule has 0 fully saturated rings. The van der Waals surface area contributed by atoms with Crippen molar-refractivity contribution in [1.29, 1.82) is 0 Å². The van der Waals surface area contributed by atoms with E-state index in [0.29, 0.717) is 0 Å². The smallest absolute Gasteiger partial charge is 0.169 e. The molecule has 0 saturated carbocycles. The Hall–Kier alpha value is 0.180. The molecule has 0 saturated heterocycles. The Labute approximate surface area is 102 Å². The minimum absolute atomic E-state index is 0.849. The number of hydrogen-bond donors (Lipinski definition) is 0. The Morgan fingerprint density at radius 1 is 1.62 bits per heavy atom. The lowest BCUT2D eigenvalue weighted by Crippen LogP contribution is -1.93. The zero-order valence-corrected chi connectivity index (χ0v) is 11.2. The van der Waals surface area contributed by atoms with E-state index in [4.69, 9.17) is 0 Å². The van der Waals surface area contributed by atoms with Crippen LogP contribution >= 0.6 is 50.3 Å². The molecule has 0 aliphatic heterocycles. The summed E-state index contributed by atoms with van der Waals surface area (Å²) in [5, 5.41) is 4.21. The SMILES string of the molecule is CSc1ccnn2c(I)c(Br)nc12. The van der Waals surface area contributed by atoms with Crippen molar-refractivity contribution >= 4 is 55.9 Å². The van der Waals surface area contributed by atoms with Crippen molar-refractivity contribution in [3.63, 3.8) is 0 Å². The summed E-state index contributed by atoms with van der Waals surface area (Å²) in [6.45, 7) is 0. The number of aromatic nitrogens is 3. The molecule has 3 nitrogen and oxygen atoms in total. The molecule has 0 aliphatic rings. The summed E-state index contributed by atoms with van der Waals surface area (Å²) in [5.74, 6) is 0. The van der Waals surface area contributed by atoms with Gasteiger partial charge in [0, 0.05) is 6.20 Å². The molecule has 0 unspecified atom stereocenters. The van der Waals surface area contributed by atoms with Crippen molar-refractivity contribution < 1.29 is 0 Å². The molecule has 0 spiro atoms. The highest BCUT2D eigenvalue weighted by Gasteiger charge is 2.10. The van der Waals surface area contributed by atoms with Crippen LogP contribution in [0.4, 0.5) is 0 Å². The number of imidazole rings is 1. The van der Waals surface area contributed by atoms with Gasteiger partial charge in [-0.1, -0.05) is 0 Å². The predicted octanol–water partition coefficient (Wildman–Crippen LogP) is 2.82. The van der Waals surface area contributed by atoms with Gasteiger partial charge in [-0.05, 0) is 50.8 Å². The Bertz CT molecular complexity index is 456. The number of halogens is 2. The molecule has 0 amide bonds. The Balaban J connectivity index is 2.84. The third-order valence-electron chi connectivity index (χ3n) is 1.61. The molecule has 6 heteroatoms. The van der Waals surface area contributed by atoms with Gasteiger partial charge in [-0.3, -0.25) is 0 Å². The average Bonchev–Trinajstić information content (AvgIpc) is 2.43. The van der Waals surface area contributed by atoms with Crippen LogP contribution in [-0.2, 0) is 0 Å². The molecule has 0 aromatic carbocycles. The molecule has 2 aromatic rings. The summed E-state index contributed by atoms with van der Waals surface area (Å²) in [6.07, 6.45) is 3.82. The van der Waals surface area contributed by atoms with Gasteiger partial charge >= 0.3 is 0 Å². The number of hydrogen-bond acceptors (Lipinski definition) is 3. The van der Waals surface area contributed by atoms with Gasteiger partial charge in [0.1, 0.15) is 8.30 Å². The van der Waals surface area contributed by atoms with Gasteiger partial charge < -0.3 is 0 Å². The minimum atomic E-state index is 0.849. The lowest BCUT2D eigenvalue weighted by atomic mass is 10.5. The van der Waals surface area contributed by atoms with Crippen LogP contribution in [0.5, 0.6) is 0 Å². The van der Waals surface area contributed by atoms with E-state index >= 15 is 0 Å². The van der Waals surface area contributed by atoms with E-state index < -0.39 is 0 Å². The summed E-state index contributed by atoms with van der Waals surface area (Å²) >= 11 is 7.27. The second-order valence-electron chi connectivity index (χ2n) is 2.33. The quantitative estimate of drug-likeness (QED) is 0.572. The lowest BCUT2D eigenvalue weighted by molar-refractivity contribution is 0.896. The molecule has 0 N–H and O–H groups in total. The molecular weight excluding hydrogens is 365 g/mol. The van der Waals surface area contributed by atoms with Crippen LogP contribution in [0.15, 0.2) is 21.8 Å². The van der Waals surface area contributed by atoms with Crippen LogP contribution in [0, 0.1) is 3.70 Å². The van der Waals surface area contributed by atoms with Gasteiger partial charge in [-0.25, -0.2) is 9.50 Å². The fourth-order valence-electron chi connectivity index (χ4n) is 1.03. The molecule has 2 aromatic heterocycles. The van der Waals surface area contributed by atoms with Crippen molar-refractivity contribution in [3.05, 3.63) is 20.6 Å². The fourth-order valence-corrected chi connectivity index (χ4v) is 2.35. The predicted molar refractivity (Wildman–Crippen MR) is 65.2 cm³/mol. The highest BCUT2D eigenvalue weighted by molar-refractivity contribution is 14.1. The summed E-state index contributed by atoms with van der Waals surface area (Å²) in [5.41, 5.74) is 0.909. The van der Waals surface area contributed by atoms with Gasteiger partial charge in [-0.15, -0.1) is 11.8 Å². The van der Waals surface area contributed by atoms with Crippen molar-refractivity contribution in [2.24, 2.45) is 0 Å². The van der Waals surface area contributed by atoms with Crippen molar-refractivity contribution in [2.45, 2.75) is 4.90 Å². The Morgan fingerprint density at radius 3 is 3.08 bits per heavy atom. The van der Waals surface area contributed by atoms with Crippen molar-refractivity contribution in [3.8, 4) is 0 Å². The van der Waals surface area contributed by atoms with E-state index in [-0.39, 0.29) is 0 Å². The van der Waals surface area contributed by atoms with E-state index in [9.17, 15) is 0 Å². The summed E-state index contributed by atoms with van der Waals surface area (Å²) < 4.78 is 3.68. The molecular formula is C7H5BrIN3S. The molecule has 0 atom stereocenters. The fraction of sp³-hybridized carbons (Fsp3) is 0.143. The zero-order chi connectivity index (χ0) is 9.42. The number of rotatable bonds is 1. The third kappa shape index (κ3) is 1.59. The summed E-state index contributed by atoms with van der Waals surface area (Å²) in [7, 11) is 0. The topological polar surface area (TPSA) is 30.2 Å². The highest BCUT2D eigenvalue weighted by Crippen LogP contribution is 2.25. The Kier molecular flexibility index (Phi) is 2.80. The van der Waals surface area contributed by atoms with E-state index in [2.05, 4.69) is 48.6 Å². The second kappa shape index (κ2) is 3.74. The minimum Gasteiger partial charge on any atom is -0.218 e. The monoisotopic (exact) mass is 369 g/mol. The maximum absolute atomic E-state index is 4.37. The first-order valence-corrected chi connectivity index (χ1v) is 6.56. The molecule has 68 valence electrons. The van der Waals surface area contributed by atoms with Crippen LogP contribution in [0.1, 0.15) is 0 Å². The first-order chi connectivity index (χ1) is 6.24. The molecule has 13 heavy (non-hydrogen) atoms. The van der Waals surface area contributed by atoms with E-state index in [1.165, 1.54) is 0 Å². The van der Waals surface area contributed by atoms with Gasteiger partial charge in [0.05, 0.1) is 4.90 Å². The van der Waals surface area contributed by atoms with Gasteiger partial charge in [0.25, 0.3) is 0 Å². The molecule has 0 radical (unpaired) electrons. The largest absolute Gasteiger partial charge is 0.218 e. The van der Waals surface area contributed by atoms with Crippen LogP contribution in [-0.4, -0.2) is 20.9 Å².